The minimum Gasteiger partial charge on any atom is -0.350 e. The number of anilines is 1. The molecule has 1 aliphatic heterocycles. The third kappa shape index (κ3) is 4.63. The summed E-state index contributed by atoms with van der Waals surface area (Å²) in [5, 5.41) is 3.10. The molecule has 0 aromatic heterocycles. The van der Waals surface area contributed by atoms with Gasteiger partial charge < -0.3 is 5.32 Å². The van der Waals surface area contributed by atoms with Gasteiger partial charge in [-0.3, -0.25) is 14.5 Å². The van der Waals surface area contributed by atoms with Gasteiger partial charge in [-0.1, -0.05) is 29.8 Å². The average molecular weight is 454 g/mol. The largest absolute Gasteiger partial charge is 0.350 e. The molecule has 1 heterocycles. The van der Waals surface area contributed by atoms with Gasteiger partial charge in [-0.05, 0) is 42.8 Å². The highest BCUT2D eigenvalue weighted by atomic mass is 35.5. The maximum absolute atomic E-state index is 13.2. The van der Waals surface area contributed by atoms with E-state index in [0.717, 1.165) is 10.6 Å². The number of halogens is 2. The molecule has 2 amide bonds. The lowest BCUT2D eigenvalue weighted by Gasteiger charge is -2.46. The molecule has 0 spiro atoms. The molecule has 2 aromatic rings. The molecule has 160 valence electrons. The molecule has 1 unspecified atom stereocenters. The predicted molar refractivity (Wildman–Crippen MR) is 112 cm³/mol. The SMILES string of the molecule is CC1(C(=O)NCc2ccc(F)cc2)CN(S(C)(=O)=O)CC(=O)N1c1cccc(Cl)c1. The standard InChI is InChI=1S/C20H21ClFN3O4S/c1-20(19(27)23-11-14-6-8-16(22)9-7-14)13-24(30(2,28)29)12-18(26)25(20)17-5-3-4-15(21)10-17/h3-10H,11-13H2,1-2H3,(H,23,27). The van der Waals surface area contributed by atoms with Crippen LogP contribution in [0.5, 0.6) is 0 Å². The monoisotopic (exact) mass is 453 g/mol. The molecule has 10 heteroatoms. The molecule has 0 bridgehead atoms. The molecule has 0 aliphatic carbocycles. The van der Waals surface area contributed by atoms with Gasteiger partial charge in [0.05, 0.1) is 12.8 Å². The zero-order valence-electron chi connectivity index (χ0n) is 16.4. The number of sulfonamides is 1. The van der Waals surface area contributed by atoms with Crippen molar-refractivity contribution in [3.05, 3.63) is 64.9 Å². The number of nitrogens with zero attached hydrogens (tertiary/aromatic N) is 2. The Morgan fingerprint density at radius 3 is 2.50 bits per heavy atom. The average Bonchev–Trinajstić information content (AvgIpc) is 2.66. The molecule has 1 N–H and O–H groups in total. The molecule has 0 saturated carbocycles. The van der Waals surface area contributed by atoms with Gasteiger partial charge >= 0.3 is 0 Å². The summed E-state index contributed by atoms with van der Waals surface area (Å²) in [6, 6.07) is 12.1. The lowest BCUT2D eigenvalue weighted by molar-refractivity contribution is -0.133. The predicted octanol–water partition coefficient (Wildman–Crippen LogP) is 2.16. The van der Waals surface area contributed by atoms with Gasteiger partial charge in [0, 0.05) is 23.8 Å². The summed E-state index contributed by atoms with van der Waals surface area (Å²) in [7, 11) is -3.71. The lowest BCUT2D eigenvalue weighted by Crippen LogP contribution is -2.70. The van der Waals surface area contributed by atoms with E-state index in [4.69, 9.17) is 11.6 Å². The Morgan fingerprint density at radius 1 is 1.23 bits per heavy atom. The van der Waals surface area contributed by atoms with Crippen LogP contribution in [-0.4, -0.2) is 49.4 Å². The number of rotatable bonds is 5. The van der Waals surface area contributed by atoms with E-state index in [2.05, 4.69) is 5.32 Å². The van der Waals surface area contributed by atoms with E-state index in [1.54, 1.807) is 24.3 Å². The van der Waals surface area contributed by atoms with Crippen molar-refractivity contribution in [1.29, 1.82) is 0 Å². The molecule has 30 heavy (non-hydrogen) atoms. The van der Waals surface area contributed by atoms with Crippen LogP contribution >= 0.6 is 11.6 Å². The fraction of sp³-hybridized carbons (Fsp3) is 0.300. The van der Waals surface area contributed by atoms with Crippen molar-refractivity contribution in [1.82, 2.24) is 9.62 Å². The van der Waals surface area contributed by atoms with Crippen molar-refractivity contribution in [3.63, 3.8) is 0 Å². The fourth-order valence-electron chi connectivity index (χ4n) is 3.39. The first-order valence-electron chi connectivity index (χ1n) is 9.07. The van der Waals surface area contributed by atoms with Gasteiger partial charge in [0.1, 0.15) is 11.4 Å². The maximum atomic E-state index is 13.2. The van der Waals surface area contributed by atoms with Gasteiger partial charge in [0.2, 0.25) is 21.8 Å². The molecule has 1 atom stereocenters. The number of piperazine rings is 1. The molecule has 0 radical (unpaired) electrons. The van der Waals surface area contributed by atoms with Crippen molar-refractivity contribution < 1.29 is 22.4 Å². The van der Waals surface area contributed by atoms with Crippen LogP contribution in [-0.2, 0) is 26.2 Å². The smallest absolute Gasteiger partial charge is 0.247 e. The fourth-order valence-corrected chi connectivity index (χ4v) is 4.41. The molecule has 2 aromatic carbocycles. The van der Waals surface area contributed by atoms with E-state index >= 15 is 0 Å². The van der Waals surface area contributed by atoms with Crippen molar-refractivity contribution in [2.45, 2.75) is 19.0 Å². The quantitative estimate of drug-likeness (QED) is 0.751. The van der Waals surface area contributed by atoms with Crippen LogP contribution in [0.3, 0.4) is 0 Å². The second-order valence-corrected chi connectivity index (χ2v) is 9.74. The van der Waals surface area contributed by atoms with Crippen LogP contribution < -0.4 is 10.2 Å². The summed E-state index contributed by atoms with van der Waals surface area (Å²) in [6.45, 7) is 0.986. The van der Waals surface area contributed by atoms with E-state index in [1.165, 1.54) is 36.1 Å². The van der Waals surface area contributed by atoms with Gasteiger partial charge in [0.15, 0.2) is 0 Å². The summed E-state index contributed by atoms with van der Waals surface area (Å²) in [6.07, 6.45) is 0.992. The number of benzene rings is 2. The summed E-state index contributed by atoms with van der Waals surface area (Å²) in [5.41, 5.74) is -0.479. The van der Waals surface area contributed by atoms with Gasteiger partial charge in [-0.15, -0.1) is 0 Å². The minimum absolute atomic E-state index is 0.0884. The zero-order chi connectivity index (χ0) is 22.1. The number of nitrogens with one attached hydrogen (secondary N) is 1. The van der Waals surface area contributed by atoms with E-state index in [9.17, 15) is 22.4 Å². The van der Waals surface area contributed by atoms with E-state index < -0.39 is 33.2 Å². The molecular weight excluding hydrogens is 433 g/mol. The highest BCUT2D eigenvalue weighted by Crippen LogP contribution is 2.32. The van der Waals surface area contributed by atoms with Gasteiger partial charge in [-0.2, -0.15) is 4.31 Å². The van der Waals surface area contributed by atoms with Crippen LogP contribution in [0.2, 0.25) is 5.02 Å². The van der Waals surface area contributed by atoms with Gasteiger partial charge in [-0.25, -0.2) is 12.8 Å². The van der Waals surface area contributed by atoms with Crippen molar-refractivity contribution in [2.75, 3.05) is 24.2 Å². The Balaban J connectivity index is 1.95. The Bertz CT molecular complexity index is 1080. The minimum atomic E-state index is -3.71. The number of hydrogen-bond donors (Lipinski definition) is 1. The number of hydrogen-bond acceptors (Lipinski definition) is 4. The topological polar surface area (TPSA) is 86.8 Å². The summed E-state index contributed by atoms with van der Waals surface area (Å²) >= 11 is 6.06. The maximum Gasteiger partial charge on any atom is 0.247 e. The third-order valence-electron chi connectivity index (χ3n) is 4.93. The number of carbonyl (C=O) groups is 2. The van der Waals surface area contributed by atoms with Crippen LogP contribution in [0, 0.1) is 5.82 Å². The Labute approximate surface area is 179 Å². The Morgan fingerprint density at radius 2 is 1.90 bits per heavy atom. The van der Waals surface area contributed by atoms with Crippen molar-refractivity contribution in [3.8, 4) is 0 Å². The number of amides is 2. The van der Waals surface area contributed by atoms with Crippen LogP contribution in [0.15, 0.2) is 48.5 Å². The first kappa shape index (κ1) is 22.2. The highest BCUT2D eigenvalue weighted by molar-refractivity contribution is 7.88. The van der Waals surface area contributed by atoms with Crippen molar-refractivity contribution in [2.24, 2.45) is 0 Å². The van der Waals surface area contributed by atoms with Gasteiger partial charge in [0.25, 0.3) is 0 Å². The van der Waals surface area contributed by atoms with Crippen molar-refractivity contribution >= 4 is 39.1 Å². The Kier molecular flexibility index (Phi) is 6.16. The summed E-state index contributed by atoms with van der Waals surface area (Å²) in [5.74, 6) is -1.49. The van der Waals surface area contributed by atoms with E-state index in [0.29, 0.717) is 16.3 Å². The second kappa shape index (κ2) is 8.33. The Hall–Kier alpha value is -2.49. The molecule has 1 aliphatic rings. The van der Waals surface area contributed by atoms with Crippen LogP contribution in [0.1, 0.15) is 12.5 Å². The molecule has 3 rings (SSSR count). The van der Waals surface area contributed by atoms with Crippen LogP contribution in [0.25, 0.3) is 0 Å². The van der Waals surface area contributed by atoms with E-state index in [1.807, 2.05) is 0 Å². The first-order chi connectivity index (χ1) is 14.0. The normalized spacial score (nSPS) is 20.3. The third-order valence-corrected chi connectivity index (χ3v) is 6.36. The zero-order valence-corrected chi connectivity index (χ0v) is 18.0. The summed E-state index contributed by atoms with van der Waals surface area (Å²) < 4.78 is 38.3. The molecule has 1 saturated heterocycles. The molecule has 7 nitrogen and oxygen atoms in total. The summed E-state index contributed by atoms with van der Waals surface area (Å²) in [4.78, 5) is 27.4. The highest BCUT2D eigenvalue weighted by Gasteiger charge is 2.50. The second-order valence-electron chi connectivity index (χ2n) is 7.32. The van der Waals surface area contributed by atoms with Crippen LogP contribution in [0.4, 0.5) is 10.1 Å². The first-order valence-corrected chi connectivity index (χ1v) is 11.3. The van der Waals surface area contributed by atoms with E-state index in [-0.39, 0.29) is 19.6 Å². The molecular formula is C20H21ClFN3O4S. The lowest BCUT2D eigenvalue weighted by atomic mass is 9.94. The number of carbonyl (C=O) groups excluding carboxylic acids is 2. The molecule has 1 fully saturated rings.